The van der Waals surface area contributed by atoms with Crippen LogP contribution in [0.25, 0.3) is 44.3 Å². The fourth-order valence-corrected chi connectivity index (χ4v) is 7.20. The summed E-state index contributed by atoms with van der Waals surface area (Å²) in [6, 6.07) is 17.8. The molecule has 2 saturated heterocycles. The van der Waals surface area contributed by atoms with Gasteiger partial charge in [0.1, 0.15) is 5.69 Å². The first-order chi connectivity index (χ1) is 29.2. The molecule has 0 bridgehead atoms. The van der Waals surface area contributed by atoms with Gasteiger partial charge in [0, 0.05) is 86.1 Å². The van der Waals surface area contributed by atoms with Gasteiger partial charge in [0.2, 0.25) is 11.2 Å². The van der Waals surface area contributed by atoms with E-state index in [4.69, 9.17) is 10.5 Å². The fraction of sp³-hybridized carbons (Fsp3) is 0.289. The monoisotopic (exact) mass is 821 g/mol. The summed E-state index contributed by atoms with van der Waals surface area (Å²) in [7, 11) is 4.60. The number of likely N-dealkylation sites (tertiary alicyclic amines) is 2. The Kier molecular flexibility index (Phi) is 11.4. The number of esters is 1. The molecule has 0 saturated carbocycles. The number of aliphatic hydroxyl groups is 2. The average Bonchev–Trinajstić information content (AvgIpc) is 4.03. The third kappa shape index (κ3) is 8.14. The van der Waals surface area contributed by atoms with Crippen LogP contribution in [0.3, 0.4) is 0 Å². The quantitative estimate of drug-likeness (QED) is 0.164. The molecular weight excluding hydrogens is 779 g/mol. The molecule has 3 amide bonds. The van der Waals surface area contributed by atoms with Gasteiger partial charge in [-0.3, -0.25) is 23.7 Å². The van der Waals surface area contributed by atoms with Crippen molar-refractivity contribution >= 4 is 45.5 Å². The molecule has 2 atom stereocenters. The highest BCUT2D eigenvalue weighted by atomic mass is 16.5. The van der Waals surface area contributed by atoms with Gasteiger partial charge in [0.15, 0.2) is 5.69 Å². The van der Waals surface area contributed by atoms with Crippen molar-refractivity contribution < 1.29 is 34.1 Å². The van der Waals surface area contributed by atoms with E-state index in [1.807, 2.05) is 38.1 Å². The van der Waals surface area contributed by atoms with Gasteiger partial charge in [-0.15, -0.1) is 0 Å². The van der Waals surface area contributed by atoms with Gasteiger partial charge in [-0.1, -0.05) is 47.9 Å². The van der Waals surface area contributed by atoms with Gasteiger partial charge < -0.3 is 30.5 Å². The molecule has 2 aliphatic heterocycles. The maximum absolute atomic E-state index is 12.2. The number of rotatable bonds is 6. The van der Waals surface area contributed by atoms with Gasteiger partial charge >= 0.3 is 5.97 Å². The zero-order valence-electron chi connectivity index (χ0n) is 34.3. The highest BCUT2D eigenvalue weighted by Gasteiger charge is 2.43. The summed E-state index contributed by atoms with van der Waals surface area (Å²) in [4.78, 5) is 60.1. The second-order valence-corrected chi connectivity index (χ2v) is 14.7. The first-order valence-electron chi connectivity index (χ1n) is 19.5. The number of hydrogen-bond donors (Lipinski definition) is 3. The number of nitrogens with two attached hydrogens (primary N) is 1. The molecule has 2 aromatic carbocycles. The second kappa shape index (κ2) is 16.7. The summed E-state index contributed by atoms with van der Waals surface area (Å²) in [6.45, 7) is 6.13. The van der Waals surface area contributed by atoms with Crippen LogP contribution in [0.4, 0.5) is 0 Å². The number of pyridine rings is 2. The number of hydrogen-bond acceptors (Lipinski definition) is 11. The third-order valence-corrected chi connectivity index (χ3v) is 10.6. The van der Waals surface area contributed by atoms with Gasteiger partial charge in [-0.25, -0.2) is 14.8 Å². The number of likely N-dealkylation sites (N-methyl/N-ethyl adjacent to an activating group) is 2. The van der Waals surface area contributed by atoms with Crippen LogP contribution in [0.15, 0.2) is 73.1 Å². The van der Waals surface area contributed by atoms with E-state index in [2.05, 4.69) is 43.8 Å². The van der Waals surface area contributed by atoms with Crippen molar-refractivity contribution in [3.63, 3.8) is 0 Å². The summed E-state index contributed by atoms with van der Waals surface area (Å²) >= 11 is 0. The lowest BCUT2D eigenvalue weighted by molar-refractivity contribution is -0.138. The Morgan fingerprint density at radius 3 is 1.57 bits per heavy atom. The van der Waals surface area contributed by atoms with E-state index in [1.54, 1.807) is 72.3 Å². The second-order valence-electron chi connectivity index (χ2n) is 14.7. The number of carbonyl (C=O) groups excluding carboxylic acids is 4. The Morgan fingerprint density at radius 2 is 1.18 bits per heavy atom. The lowest BCUT2D eigenvalue weighted by Crippen LogP contribution is -2.37. The third-order valence-electron chi connectivity index (χ3n) is 10.6. The smallest absolute Gasteiger partial charge is 0.356 e. The summed E-state index contributed by atoms with van der Waals surface area (Å²) in [5, 5.41) is 31.4. The standard InChI is InChI=1S/C23H22N4O4.C22H21N5O3/c1-4-27-19-13-18(21(28)31-3)25-20(17(19)14-24-27)16-7-5-6-15(12-16)8-9-23(30)10-11-26(2)22(23)29;1-3-27-18-12-17(20(23)28)25-19(16(18)13-24-27)15-6-4-5-14(11-15)7-8-22(30)9-10-26(2)21(22)29/h5-7,12-14,30H,4,10-11H2,1-3H3;4-6,11-13,30H,3,9-10H2,1-2H3,(H2,23,28)/t23-;22-/m00/s1. The Hall–Kier alpha value is -7.40. The molecule has 0 aliphatic carbocycles. The van der Waals surface area contributed by atoms with Gasteiger partial charge in [0.25, 0.3) is 17.7 Å². The molecule has 310 valence electrons. The number of carbonyl (C=O) groups is 4. The zero-order chi connectivity index (χ0) is 43.6. The van der Waals surface area contributed by atoms with Crippen LogP contribution in [-0.2, 0) is 27.4 Å². The lowest BCUT2D eigenvalue weighted by Gasteiger charge is -2.13. The van der Waals surface area contributed by atoms with E-state index >= 15 is 0 Å². The molecule has 61 heavy (non-hydrogen) atoms. The molecule has 0 radical (unpaired) electrons. The van der Waals surface area contributed by atoms with Crippen LogP contribution < -0.4 is 5.73 Å². The number of amides is 3. The summed E-state index contributed by atoms with van der Waals surface area (Å²) in [5.41, 5.74) is 7.89. The number of aromatic nitrogens is 6. The average molecular weight is 822 g/mol. The van der Waals surface area contributed by atoms with E-state index in [1.165, 1.54) is 16.9 Å². The number of methoxy groups -OCH3 is 1. The molecule has 4 N–H and O–H groups in total. The molecule has 6 heterocycles. The van der Waals surface area contributed by atoms with Crippen molar-refractivity contribution in [1.29, 1.82) is 0 Å². The van der Waals surface area contributed by atoms with Crippen LogP contribution in [0, 0.1) is 23.7 Å². The van der Waals surface area contributed by atoms with Crippen molar-refractivity contribution in [3.8, 4) is 46.2 Å². The molecule has 16 heteroatoms. The highest BCUT2D eigenvalue weighted by Crippen LogP contribution is 2.31. The van der Waals surface area contributed by atoms with Crippen molar-refractivity contribution in [3.05, 3.63) is 95.6 Å². The van der Waals surface area contributed by atoms with Crippen molar-refractivity contribution in [1.82, 2.24) is 39.3 Å². The molecule has 2 aliphatic rings. The van der Waals surface area contributed by atoms with Crippen molar-refractivity contribution in [2.75, 3.05) is 34.3 Å². The molecule has 6 aromatic rings. The van der Waals surface area contributed by atoms with Crippen LogP contribution in [0.1, 0.15) is 58.8 Å². The largest absolute Gasteiger partial charge is 0.464 e. The first-order valence-corrected chi connectivity index (χ1v) is 19.5. The van der Waals surface area contributed by atoms with Gasteiger partial charge in [0.05, 0.1) is 41.9 Å². The molecular formula is C45H43N9O7. The van der Waals surface area contributed by atoms with E-state index in [0.717, 1.165) is 32.9 Å². The van der Waals surface area contributed by atoms with E-state index in [9.17, 15) is 29.4 Å². The Balaban J connectivity index is 0.000000184. The minimum atomic E-state index is -1.66. The summed E-state index contributed by atoms with van der Waals surface area (Å²) < 4.78 is 8.42. The van der Waals surface area contributed by atoms with Crippen molar-refractivity contribution in [2.24, 2.45) is 5.73 Å². The van der Waals surface area contributed by atoms with Crippen LogP contribution in [-0.4, -0.2) is 119 Å². The van der Waals surface area contributed by atoms with E-state index in [-0.39, 0.29) is 24.2 Å². The highest BCUT2D eigenvalue weighted by molar-refractivity contribution is 6.00. The Labute approximate surface area is 350 Å². The molecule has 8 rings (SSSR count). The van der Waals surface area contributed by atoms with E-state index in [0.29, 0.717) is 48.7 Å². The van der Waals surface area contributed by atoms with Crippen LogP contribution in [0.2, 0.25) is 0 Å². The zero-order valence-corrected chi connectivity index (χ0v) is 34.3. The topological polar surface area (TPSA) is 212 Å². The summed E-state index contributed by atoms with van der Waals surface area (Å²) in [6.07, 6.45) is 3.97. The maximum Gasteiger partial charge on any atom is 0.356 e. The van der Waals surface area contributed by atoms with Gasteiger partial charge in [-0.05, 0) is 50.2 Å². The van der Waals surface area contributed by atoms with Crippen LogP contribution in [0.5, 0.6) is 0 Å². The normalized spacial score (nSPS) is 18.3. The number of fused-ring (bicyclic) bond motifs is 2. The Morgan fingerprint density at radius 1 is 0.738 bits per heavy atom. The molecule has 4 aromatic heterocycles. The number of aryl methyl sites for hydroxylation is 2. The summed E-state index contributed by atoms with van der Waals surface area (Å²) in [5.74, 6) is 9.32. The minimum absolute atomic E-state index is 0.151. The number of benzene rings is 2. The molecule has 0 unspecified atom stereocenters. The molecule has 16 nitrogen and oxygen atoms in total. The minimum Gasteiger partial charge on any atom is -0.464 e. The predicted octanol–water partition coefficient (Wildman–Crippen LogP) is 3.01. The van der Waals surface area contributed by atoms with E-state index < -0.39 is 34.9 Å². The number of nitrogens with zero attached hydrogens (tertiary/aromatic N) is 8. The van der Waals surface area contributed by atoms with Crippen molar-refractivity contribution in [2.45, 2.75) is 51.0 Å². The number of ether oxygens (including phenoxy) is 1. The first kappa shape index (κ1) is 41.7. The predicted molar refractivity (Wildman–Crippen MR) is 225 cm³/mol. The fourth-order valence-electron chi connectivity index (χ4n) is 7.20. The Bertz CT molecular complexity index is 2880. The molecule has 0 spiro atoms. The van der Waals surface area contributed by atoms with Crippen LogP contribution >= 0.6 is 0 Å². The van der Waals surface area contributed by atoms with Gasteiger partial charge in [-0.2, -0.15) is 10.2 Å². The lowest BCUT2D eigenvalue weighted by atomic mass is 10.0. The maximum atomic E-state index is 12.2. The number of primary amides is 1. The molecule has 2 fully saturated rings. The SMILES string of the molecule is CCn1ncc2c(-c3cccc(C#C[C@]4(O)CCN(C)C4=O)c3)nc(C(=O)OC)cc21.CCn1ncc2c(-c3cccc(C#C[C@]4(O)CCN(C)C4=O)c3)nc(C(N)=O)cc21.